The van der Waals surface area contributed by atoms with Crippen LogP contribution in [0.4, 0.5) is 0 Å². The Balaban J connectivity index is 1.57. The molecule has 0 saturated carbocycles. The number of esters is 1. The highest BCUT2D eigenvalue weighted by atomic mass is 16.6. The van der Waals surface area contributed by atoms with Crippen LogP contribution < -0.4 is 14.2 Å². The maximum atomic E-state index is 12.7. The summed E-state index contributed by atoms with van der Waals surface area (Å²) in [5.41, 5.74) is 2.44. The van der Waals surface area contributed by atoms with Crippen molar-refractivity contribution in [2.45, 2.75) is 6.92 Å². The molecule has 0 aliphatic rings. The van der Waals surface area contributed by atoms with E-state index in [1.165, 1.54) is 10.8 Å². The summed E-state index contributed by atoms with van der Waals surface area (Å²) >= 11 is 0. The van der Waals surface area contributed by atoms with Gasteiger partial charge in [0.1, 0.15) is 11.3 Å². The molecule has 0 aliphatic carbocycles. The average Bonchev–Trinajstić information content (AvgIpc) is 2.83. The number of carbonyl (C=O) groups excluding carboxylic acids is 1. The number of para-hydroxylation sites is 1. The van der Waals surface area contributed by atoms with E-state index in [0.717, 1.165) is 11.1 Å². The third-order valence-corrected chi connectivity index (χ3v) is 5.08. The van der Waals surface area contributed by atoms with Crippen LogP contribution in [0, 0.1) is 0 Å². The van der Waals surface area contributed by atoms with Gasteiger partial charge in [-0.3, -0.25) is 0 Å². The molecule has 0 unspecified atom stereocenters. The summed E-state index contributed by atoms with van der Waals surface area (Å²) < 4.78 is 16.6. The zero-order valence-electron chi connectivity index (χ0n) is 18.1. The van der Waals surface area contributed by atoms with Crippen molar-refractivity contribution in [1.82, 2.24) is 0 Å². The molecule has 4 aromatic rings. The Kier molecular flexibility index (Phi) is 6.52. The maximum Gasteiger partial charge on any atom is 0.347 e. The molecule has 160 valence electrons. The Labute approximate surface area is 187 Å². The first-order chi connectivity index (χ1) is 15.7. The summed E-state index contributed by atoms with van der Waals surface area (Å²) in [6, 6.07) is 27.0. The molecule has 0 heterocycles. The normalized spacial score (nSPS) is 10.9. The van der Waals surface area contributed by atoms with E-state index in [2.05, 4.69) is 30.3 Å². The lowest BCUT2D eigenvalue weighted by molar-refractivity contribution is 0.0725. The molecule has 0 bridgehead atoms. The fourth-order valence-corrected chi connectivity index (χ4v) is 3.53. The predicted molar refractivity (Wildman–Crippen MR) is 128 cm³/mol. The van der Waals surface area contributed by atoms with Crippen LogP contribution >= 0.6 is 0 Å². The first kappa shape index (κ1) is 21.2. The highest BCUT2D eigenvalue weighted by Crippen LogP contribution is 2.31. The first-order valence-corrected chi connectivity index (χ1v) is 10.5. The van der Waals surface area contributed by atoms with Crippen molar-refractivity contribution < 1.29 is 19.0 Å². The van der Waals surface area contributed by atoms with Crippen LogP contribution in [-0.4, -0.2) is 19.7 Å². The van der Waals surface area contributed by atoms with E-state index in [-0.39, 0.29) is 0 Å². The molecular weight excluding hydrogens is 400 g/mol. The molecule has 0 spiro atoms. The zero-order chi connectivity index (χ0) is 22.3. The smallest absolute Gasteiger partial charge is 0.347 e. The summed E-state index contributed by atoms with van der Waals surface area (Å²) in [4.78, 5) is 12.7. The van der Waals surface area contributed by atoms with Gasteiger partial charge in [-0.1, -0.05) is 72.8 Å². The lowest BCUT2D eigenvalue weighted by atomic mass is 10.0. The third kappa shape index (κ3) is 4.65. The van der Waals surface area contributed by atoms with Gasteiger partial charge in [-0.15, -0.1) is 0 Å². The summed E-state index contributed by atoms with van der Waals surface area (Å²) in [5.74, 6) is 0.832. The van der Waals surface area contributed by atoms with Crippen molar-refractivity contribution in [3.8, 4) is 17.2 Å². The quantitative estimate of drug-likeness (QED) is 0.190. The summed E-state index contributed by atoms with van der Waals surface area (Å²) in [6.45, 7) is 2.33. The first-order valence-electron chi connectivity index (χ1n) is 10.5. The monoisotopic (exact) mass is 424 g/mol. The van der Waals surface area contributed by atoms with Crippen LogP contribution in [0.5, 0.6) is 17.2 Å². The second-order valence-corrected chi connectivity index (χ2v) is 7.13. The van der Waals surface area contributed by atoms with E-state index in [0.29, 0.717) is 29.4 Å². The topological polar surface area (TPSA) is 44.8 Å². The molecule has 0 saturated heterocycles. The Morgan fingerprint density at radius 3 is 2.44 bits per heavy atom. The SMILES string of the molecule is CCOc1ccccc1C(=O)Oc1ccc(C=Cc2cccc3ccccc23)cc1OC. The van der Waals surface area contributed by atoms with Crippen molar-refractivity contribution in [1.29, 1.82) is 0 Å². The molecule has 0 aliphatic heterocycles. The number of hydrogen-bond acceptors (Lipinski definition) is 4. The molecule has 4 aromatic carbocycles. The average molecular weight is 424 g/mol. The second kappa shape index (κ2) is 9.84. The van der Waals surface area contributed by atoms with Crippen LogP contribution in [0.3, 0.4) is 0 Å². The number of fused-ring (bicyclic) bond motifs is 1. The van der Waals surface area contributed by atoms with Gasteiger partial charge in [-0.25, -0.2) is 4.79 Å². The second-order valence-electron chi connectivity index (χ2n) is 7.13. The van der Waals surface area contributed by atoms with Gasteiger partial charge >= 0.3 is 5.97 Å². The van der Waals surface area contributed by atoms with E-state index in [1.807, 2.05) is 49.4 Å². The molecule has 4 rings (SSSR count). The van der Waals surface area contributed by atoms with E-state index in [4.69, 9.17) is 14.2 Å². The van der Waals surface area contributed by atoms with Crippen LogP contribution in [0.1, 0.15) is 28.4 Å². The Morgan fingerprint density at radius 1 is 0.812 bits per heavy atom. The minimum atomic E-state index is -0.494. The highest BCUT2D eigenvalue weighted by molar-refractivity contribution is 5.95. The fourth-order valence-electron chi connectivity index (χ4n) is 3.53. The Morgan fingerprint density at radius 2 is 1.59 bits per heavy atom. The Hall–Kier alpha value is -4.05. The number of hydrogen-bond donors (Lipinski definition) is 0. The molecule has 0 fully saturated rings. The molecular formula is C28H24O4. The summed E-state index contributed by atoms with van der Waals surface area (Å²) in [6.07, 6.45) is 4.08. The fraction of sp³-hybridized carbons (Fsp3) is 0.107. The van der Waals surface area contributed by atoms with Crippen molar-refractivity contribution in [3.63, 3.8) is 0 Å². The van der Waals surface area contributed by atoms with Crippen molar-refractivity contribution in [3.05, 3.63) is 102 Å². The van der Waals surface area contributed by atoms with E-state index < -0.39 is 5.97 Å². The maximum absolute atomic E-state index is 12.7. The van der Waals surface area contributed by atoms with E-state index in [9.17, 15) is 4.79 Å². The molecule has 32 heavy (non-hydrogen) atoms. The van der Waals surface area contributed by atoms with E-state index in [1.54, 1.807) is 31.4 Å². The van der Waals surface area contributed by atoms with Gasteiger partial charge in [-0.2, -0.15) is 0 Å². The lowest BCUT2D eigenvalue weighted by Crippen LogP contribution is -2.11. The van der Waals surface area contributed by atoms with Crippen molar-refractivity contribution in [2.75, 3.05) is 13.7 Å². The number of methoxy groups -OCH3 is 1. The van der Waals surface area contributed by atoms with Gasteiger partial charge in [0.15, 0.2) is 11.5 Å². The molecule has 0 amide bonds. The number of ether oxygens (including phenoxy) is 3. The van der Waals surface area contributed by atoms with Gasteiger partial charge in [-0.05, 0) is 53.1 Å². The predicted octanol–water partition coefficient (Wildman–Crippen LogP) is 6.64. The van der Waals surface area contributed by atoms with Gasteiger partial charge in [0, 0.05) is 0 Å². The molecule has 0 N–H and O–H groups in total. The largest absolute Gasteiger partial charge is 0.493 e. The van der Waals surface area contributed by atoms with Crippen molar-refractivity contribution in [2.24, 2.45) is 0 Å². The number of carbonyl (C=O) groups is 1. The molecule has 0 aromatic heterocycles. The van der Waals surface area contributed by atoms with Gasteiger partial charge in [0.2, 0.25) is 0 Å². The minimum absolute atomic E-state index is 0.353. The van der Waals surface area contributed by atoms with Crippen LogP contribution in [-0.2, 0) is 0 Å². The standard InChI is InChI=1S/C28H24O4/c1-3-31-25-14-7-6-13-24(25)28(29)32-26-18-16-20(19-27(26)30-2)15-17-22-11-8-10-21-9-4-5-12-23(21)22/h4-19H,3H2,1-2H3. The summed E-state index contributed by atoms with van der Waals surface area (Å²) in [7, 11) is 1.55. The van der Waals surface area contributed by atoms with Gasteiger partial charge in [0.05, 0.1) is 13.7 Å². The van der Waals surface area contributed by atoms with E-state index >= 15 is 0 Å². The number of rotatable bonds is 7. The lowest BCUT2D eigenvalue weighted by Gasteiger charge is -2.12. The zero-order valence-corrected chi connectivity index (χ0v) is 18.1. The Bertz CT molecular complexity index is 1270. The molecule has 4 heteroatoms. The molecule has 4 nitrogen and oxygen atoms in total. The molecule has 0 atom stereocenters. The minimum Gasteiger partial charge on any atom is -0.493 e. The molecule has 0 radical (unpaired) electrons. The highest BCUT2D eigenvalue weighted by Gasteiger charge is 2.16. The van der Waals surface area contributed by atoms with Crippen molar-refractivity contribution >= 4 is 28.9 Å². The summed E-state index contributed by atoms with van der Waals surface area (Å²) in [5, 5.41) is 2.39. The third-order valence-electron chi connectivity index (χ3n) is 5.08. The van der Waals surface area contributed by atoms with Crippen LogP contribution in [0.15, 0.2) is 84.9 Å². The van der Waals surface area contributed by atoms with Gasteiger partial charge < -0.3 is 14.2 Å². The van der Waals surface area contributed by atoms with Crippen LogP contribution in [0.25, 0.3) is 22.9 Å². The van der Waals surface area contributed by atoms with Gasteiger partial charge in [0.25, 0.3) is 0 Å². The van der Waals surface area contributed by atoms with Crippen LogP contribution in [0.2, 0.25) is 0 Å². The number of benzene rings is 4.